The minimum atomic E-state index is -0.362. The van der Waals surface area contributed by atoms with Gasteiger partial charge in [0.2, 0.25) is 0 Å². The molecule has 9 aromatic carbocycles. The Morgan fingerprint density at radius 1 is 0.379 bits per heavy atom. The molecule has 9 rings (SSSR count). The van der Waals surface area contributed by atoms with Crippen molar-refractivity contribution in [2.45, 2.75) is 13.8 Å². The molecule has 8 heteroatoms. The molecule has 0 fully saturated rings. The molecule has 0 heterocycles. The Hall–Kier alpha value is -7.58. The summed E-state index contributed by atoms with van der Waals surface area (Å²) in [5.74, 6) is 3.54. The van der Waals surface area contributed by atoms with Gasteiger partial charge in [0.1, 0.15) is 46.0 Å². The van der Waals surface area contributed by atoms with Crippen LogP contribution in [0.3, 0.4) is 0 Å². The topological polar surface area (TPSA) is 95.1 Å². The minimum absolute atomic E-state index is 0.267. The summed E-state index contributed by atoms with van der Waals surface area (Å²) in [6.45, 7) is 4.44. The molecule has 0 aliphatic carbocycles. The van der Waals surface area contributed by atoms with Crippen molar-refractivity contribution in [2.24, 2.45) is 0 Å². The van der Waals surface area contributed by atoms with Gasteiger partial charge in [-0.3, -0.25) is 9.59 Å². The van der Waals surface area contributed by atoms with E-state index in [9.17, 15) is 9.59 Å². The normalized spacial score (nSPS) is 11.2. The van der Waals surface area contributed by atoms with E-state index < -0.39 is 0 Å². The number of rotatable bonds is 12. The Balaban J connectivity index is 1.55. The van der Waals surface area contributed by atoms with Gasteiger partial charge in [0.25, 0.3) is 11.8 Å². The molecule has 9 aromatic rings. The Bertz CT molecular complexity index is 2740. The van der Waals surface area contributed by atoms with Crippen LogP contribution in [0.2, 0.25) is 0 Å². The van der Waals surface area contributed by atoms with E-state index in [-0.39, 0.29) is 22.9 Å². The molecule has 58 heavy (non-hydrogen) atoms. The highest BCUT2D eigenvalue weighted by molar-refractivity contribution is 6.40. The minimum Gasteiger partial charge on any atom is -0.457 e. The second-order valence-corrected chi connectivity index (χ2v) is 13.7. The summed E-state index contributed by atoms with van der Waals surface area (Å²) in [7, 11) is 0. The predicted molar refractivity (Wildman–Crippen MR) is 230 cm³/mol. The summed E-state index contributed by atoms with van der Waals surface area (Å²) in [5.41, 5.74) is 0.533. The van der Waals surface area contributed by atoms with Crippen LogP contribution in [0.15, 0.2) is 158 Å². The maximum Gasteiger partial charge on any atom is 0.252 e. The Morgan fingerprint density at radius 2 is 0.707 bits per heavy atom. The molecular weight excluding hydrogens is 725 g/mol. The van der Waals surface area contributed by atoms with Gasteiger partial charge in [-0.25, -0.2) is 0 Å². The van der Waals surface area contributed by atoms with Crippen LogP contribution in [0.4, 0.5) is 0 Å². The van der Waals surface area contributed by atoms with E-state index in [2.05, 4.69) is 10.6 Å². The average Bonchev–Trinajstić information content (AvgIpc) is 3.25. The van der Waals surface area contributed by atoms with Gasteiger partial charge in [-0.1, -0.05) is 84.9 Å². The van der Waals surface area contributed by atoms with Crippen molar-refractivity contribution in [3.8, 4) is 46.0 Å². The van der Waals surface area contributed by atoms with E-state index in [1.807, 2.05) is 159 Å². The summed E-state index contributed by atoms with van der Waals surface area (Å²) in [4.78, 5) is 28.7. The number of para-hydroxylation sites is 4. The predicted octanol–water partition coefficient (Wildman–Crippen LogP) is 12.4. The van der Waals surface area contributed by atoms with Gasteiger partial charge >= 0.3 is 0 Å². The summed E-state index contributed by atoms with van der Waals surface area (Å²) < 4.78 is 27.2. The first-order valence-electron chi connectivity index (χ1n) is 19.3. The summed E-state index contributed by atoms with van der Waals surface area (Å²) in [5, 5.41) is 11.4. The van der Waals surface area contributed by atoms with Crippen LogP contribution in [0.5, 0.6) is 46.0 Å². The Morgan fingerprint density at radius 3 is 1.05 bits per heavy atom. The third kappa shape index (κ3) is 6.60. The fourth-order valence-corrected chi connectivity index (χ4v) is 7.62. The highest BCUT2D eigenvalue weighted by Gasteiger charge is 2.31. The number of amides is 2. The van der Waals surface area contributed by atoms with Crippen LogP contribution >= 0.6 is 0 Å². The molecule has 0 saturated heterocycles. The SMILES string of the molecule is CCNC(=O)c1cc(Oc2ccccc2)c2c3c(Oc4ccccc4)ccc4ccc(Oc5ccccc5)c(c5c(Oc6ccccc6)cc(C(=O)NCC)c1c25)c43. The molecule has 0 bridgehead atoms. The highest BCUT2D eigenvalue weighted by Crippen LogP contribution is 2.55. The van der Waals surface area contributed by atoms with Gasteiger partial charge in [0, 0.05) is 50.8 Å². The number of carbonyl (C=O) groups excluding carboxylic acids is 2. The maximum absolute atomic E-state index is 14.4. The zero-order valence-corrected chi connectivity index (χ0v) is 31.9. The van der Waals surface area contributed by atoms with Crippen LogP contribution in [-0.2, 0) is 0 Å². The molecule has 0 atom stereocenters. The van der Waals surface area contributed by atoms with E-state index in [1.54, 1.807) is 12.1 Å². The second-order valence-electron chi connectivity index (χ2n) is 13.7. The number of benzene rings is 9. The molecule has 0 aliphatic heterocycles. The van der Waals surface area contributed by atoms with E-state index in [4.69, 9.17) is 18.9 Å². The van der Waals surface area contributed by atoms with Crippen LogP contribution in [-0.4, -0.2) is 24.9 Å². The first-order valence-corrected chi connectivity index (χ1v) is 19.3. The Kier molecular flexibility index (Phi) is 9.65. The van der Waals surface area contributed by atoms with Crippen molar-refractivity contribution < 1.29 is 28.5 Å². The smallest absolute Gasteiger partial charge is 0.252 e. The van der Waals surface area contributed by atoms with Crippen molar-refractivity contribution in [1.29, 1.82) is 0 Å². The molecule has 0 radical (unpaired) electrons. The third-order valence-electron chi connectivity index (χ3n) is 9.99. The van der Waals surface area contributed by atoms with Gasteiger partial charge < -0.3 is 29.6 Å². The van der Waals surface area contributed by atoms with Crippen LogP contribution in [0.25, 0.3) is 43.1 Å². The van der Waals surface area contributed by atoms with Crippen LogP contribution in [0.1, 0.15) is 34.6 Å². The average molecular weight is 763 g/mol. The van der Waals surface area contributed by atoms with Gasteiger partial charge in [0.05, 0.1) is 11.1 Å². The van der Waals surface area contributed by atoms with E-state index in [0.29, 0.717) is 91.4 Å². The van der Waals surface area contributed by atoms with Crippen LogP contribution in [0, 0.1) is 0 Å². The molecule has 284 valence electrons. The molecule has 0 saturated carbocycles. The molecule has 2 amide bonds. The third-order valence-corrected chi connectivity index (χ3v) is 9.99. The van der Waals surface area contributed by atoms with Crippen LogP contribution < -0.4 is 29.6 Å². The maximum atomic E-state index is 14.4. The van der Waals surface area contributed by atoms with Crippen molar-refractivity contribution in [2.75, 3.05) is 13.1 Å². The highest BCUT2D eigenvalue weighted by atomic mass is 16.5. The van der Waals surface area contributed by atoms with Gasteiger partial charge in [0.15, 0.2) is 0 Å². The summed E-state index contributed by atoms with van der Waals surface area (Å²) >= 11 is 0. The number of hydrogen-bond donors (Lipinski definition) is 2. The van der Waals surface area contributed by atoms with Gasteiger partial charge in [-0.15, -0.1) is 0 Å². The fraction of sp³-hybridized carbons (Fsp3) is 0.0800. The summed E-state index contributed by atoms with van der Waals surface area (Å²) in [6.07, 6.45) is 0. The van der Waals surface area contributed by atoms with Crippen molar-refractivity contribution in [3.63, 3.8) is 0 Å². The molecular formula is C50H38N2O6. The van der Waals surface area contributed by atoms with E-state index in [1.165, 1.54) is 0 Å². The zero-order chi connectivity index (χ0) is 39.6. The van der Waals surface area contributed by atoms with Crippen molar-refractivity contribution >= 4 is 54.9 Å². The lowest BCUT2D eigenvalue weighted by molar-refractivity contribution is 0.0954. The van der Waals surface area contributed by atoms with E-state index in [0.717, 1.165) is 10.8 Å². The number of hydrogen-bond acceptors (Lipinski definition) is 6. The number of carbonyl (C=O) groups is 2. The fourth-order valence-electron chi connectivity index (χ4n) is 7.62. The molecule has 2 N–H and O–H groups in total. The molecule has 0 aromatic heterocycles. The van der Waals surface area contributed by atoms with Gasteiger partial charge in [-0.05, 0) is 92.0 Å². The lowest BCUT2D eigenvalue weighted by Gasteiger charge is -2.25. The number of ether oxygens (including phenoxy) is 4. The standard InChI is InChI=1S/C50H38N2O6/c1-3-51-49(53)36-29-40(57-34-21-13-7-14-22-34)46-44-38(55-32-17-9-5-10-18-32)27-25-31-26-28-39(56-33-19-11-6-12-20-33)45(42(31)44)47-41(58-35-23-15-8-16-24-35)30-37(43(36)48(46)47)50(54)52-4-2/h5-30H,3-4H2,1-2H3,(H,51,53)(H,52,54). The summed E-state index contributed by atoms with van der Waals surface area (Å²) in [6, 6.07) is 49.4. The second kappa shape index (κ2) is 15.5. The molecule has 8 nitrogen and oxygen atoms in total. The quantitative estimate of drug-likeness (QED) is 0.0950. The molecule has 0 unspecified atom stereocenters. The number of nitrogens with one attached hydrogen (secondary N) is 2. The van der Waals surface area contributed by atoms with Crippen molar-refractivity contribution in [3.05, 3.63) is 169 Å². The largest absolute Gasteiger partial charge is 0.457 e. The molecule has 0 spiro atoms. The van der Waals surface area contributed by atoms with Gasteiger partial charge in [-0.2, -0.15) is 0 Å². The monoisotopic (exact) mass is 762 g/mol. The lowest BCUT2D eigenvalue weighted by Crippen LogP contribution is -2.26. The van der Waals surface area contributed by atoms with E-state index >= 15 is 0 Å². The lowest BCUT2D eigenvalue weighted by atomic mass is 9.84. The van der Waals surface area contributed by atoms with Crippen molar-refractivity contribution in [1.82, 2.24) is 10.6 Å². The Labute approximate surface area is 334 Å². The zero-order valence-electron chi connectivity index (χ0n) is 31.9. The first-order chi connectivity index (χ1) is 28.5. The molecule has 0 aliphatic rings. The number of fused-ring (bicyclic) bond motifs is 2. The first kappa shape index (κ1) is 36.1.